The van der Waals surface area contributed by atoms with E-state index in [4.69, 9.17) is 10.5 Å². The van der Waals surface area contributed by atoms with Gasteiger partial charge in [-0.05, 0) is 30.5 Å². The summed E-state index contributed by atoms with van der Waals surface area (Å²) >= 11 is 0. The zero-order valence-corrected chi connectivity index (χ0v) is 16.0. The Morgan fingerprint density at radius 3 is 2.67 bits per heavy atom. The first-order chi connectivity index (χ1) is 13.0. The first-order valence-electron chi connectivity index (χ1n) is 9.53. The Kier molecular flexibility index (Phi) is 4.74. The third-order valence-electron chi connectivity index (χ3n) is 6.22. The monoisotopic (exact) mass is 369 g/mol. The molecule has 1 aliphatic carbocycles. The summed E-state index contributed by atoms with van der Waals surface area (Å²) in [4.78, 5) is 22.7. The number of ether oxygens (including phenoxy) is 1. The topological polar surface area (TPSA) is 86.3 Å². The highest BCUT2D eigenvalue weighted by Gasteiger charge is 2.53. The van der Waals surface area contributed by atoms with Gasteiger partial charge in [0, 0.05) is 58.0 Å². The molecule has 1 amide bonds. The maximum absolute atomic E-state index is 11.6. The lowest BCUT2D eigenvalue weighted by molar-refractivity contribution is -0.170. The summed E-state index contributed by atoms with van der Waals surface area (Å²) in [7, 11) is 3.79. The predicted octanol–water partition coefficient (Wildman–Crippen LogP) is 1.69. The number of piperidine rings is 1. The van der Waals surface area contributed by atoms with Crippen molar-refractivity contribution in [3.8, 4) is 0 Å². The Morgan fingerprint density at radius 1 is 1.33 bits per heavy atom. The predicted molar refractivity (Wildman–Crippen MR) is 101 cm³/mol. The van der Waals surface area contributed by atoms with Crippen molar-refractivity contribution in [1.29, 1.82) is 0 Å². The van der Waals surface area contributed by atoms with Gasteiger partial charge in [0.2, 0.25) is 0 Å². The van der Waals surface area contributed by atoms with Gasteiger partial charge in [-0.15, -0.1) is 0 Å². The largest absolute Gasteiger partial charge is 0.373 e. The van der Waals surface area contributed by atoms with Gasteiger partial charge in [0.1, 0.15) is 11.3 Å². The lowest BCUT2D eigenvalue weighted by Gasteiger charge is -2.55. The molecular formula is C20H27N5O2. The van der Waals surface area contributed by atoms with Crippen LogP contribution in [-0.4, -0.2) is 45.5 Å². The molecule has 4 rings (SSSR count). The van der Waals surface area contributed by atoms with Crippen molar-refractivity contribution in [3.63, 3.8) is 0 Å². The maximum atomic E-state index is 11.6. The Bertz CT molecular complexity index is 819. The van der Waals surface area contributed by atoms with Gasteiger partial charge < -0.3 is 15.0 Å². The fourth-order valence-electron chi connectivity index (χ4n) is 5.16. The zero-order chi connectivity index (χ0) is 19.0. The molecule has 144 valence electrons. The third kappa shape index (κ3) is 3.15. The second kappa shape index (κ2) is 7.05. The Hall–Kier alpha value is -2.25. The fourth-order valence-corrected chi connectivity index (χ4v) is 5.16. The van der Waals surface area contributed by atoms with Crippen LogP contribution in [0.3, 0.4) is 0 Å². The molecule has 0 radical (unpaired) electrons. The van der Waals surface area contributed by atoms with E-state index in [1.165, 1.54) is 6.42 Å². The number of fused-ring (bicyclic) bond motifs is 2. The number of hydrogen-bond donors (Lipinski definition) is 1. The van der Waals surface area contributed by atoms with Crippen molar-refractivity contribution in [2.75, 3.05) is 20.2 Å². The van der Waals surface area contributed by atoms with Crippen LogP contribution in [0.1, 0.15) is 41.0 Å². The summed E-state index contributed by atoms with van der Waals surface area (Å²) in [6, 6.07) is 3.81. The normalized spacial score (nSPS) is 28.2. The first-order valence-corrected chi connectivity index (χ1v) is 9.53. The van der Waals surface area contributed by atoms with Crippen LogP contribution in [0.15, 0.2) is 30.9 Å². The van der Waals surface area contributed by atoms with Crippen LogP contribution in [0.4, 0.5) is 0 Å². The molecule has 7 nitrogen and oxygen atoms in total. The molecule has 1 saturated heterocycles. The average molecular weight is 369 g/mol. The van der Waals surface area contributed by atoms with Crippen molar-refractivity contribution in [1.82, 2.24) is 19.4 Å². The van der Waals surface area contributed by atoms with Crippen molar-refractivity contribution in [2.24, 2.45) is 24.6 Å². The minimum Gasteiger partial charge on any atom is -0.373 e. The summed E-state index contributed by atoms with van der Waals surface area (Å²) in [5.74, 6) is 0.226. The van der Waals surface area contributed by atoms with Crippen molar-refractivity contribution in [2.45, 2.75) is 31.4 Å². The molecule has 2 N–H and O–H groups in total. The lowest BCUT2D eigenvalue weighted by Crippen LogP contribution is -2.58. The number of aromatic nitrogens is 3. The van der Waals surface area contributed by atoms with E-state index in [0.29, 0.717) is 17.5 Å². The fraction of sp³-hybridized carbons (Fsp3) is 0.550. The highest BCUT2D eigenvalue weighted by Crippen LogP contribution is 2.51. The molecule has 2 bridgehead atoms. The summed E-state index contributed by atoms with van der Waals surface area (Å²) in [5, 5.41) is 0. The van der Waals surface area contributed by atoms with Gasteiger partial charge in [-0.25, -0.2) is 4.98 Å². The quantitative estimate of drug-likeness (QED) is 0.867. The van der Waals surface area contributed by atoms with Crippen LogP contribution in [-0.2, 0) is 23.9 Å². The van der Waals surface area contributed by atoms with Crippen LogP contribution in [0.5, 0.6) is 0 Å². The molecule has 1 saturated carbocycles. The van der Waals surface area contributed by atoms with E-state index in [2.05, 4.69) is 21.1 Å². The number of amides is 1. The number of nitrogens with two attached hydrogens (primary N) is 1. The van der Waals surface area contributed by atoms with E-state index in [0.717, 1.165) is 43.7 Å². The summed E-state index contributed by atoms with van der Waals surface area (Å²) < 4.78 is 8.23. The molecule has 2 aliphatic rings. The van der Waals surface area contributed by atoms with E-state index in [9.17, 15) is 4.79 Å². The van der Waals surface area contributed by atoms with Gasteiger partial charge in [0.15, 0.2) is 0 Å². The average Bonchev–Trinajstić information content (AvgIpc) is 3.06. The summed E-state index contributed by atoms with van der Waals surface area (Å²) in [6.07, 6.45) is 9.03. The van der Waals surface area contributed by atoms with Crippen LogP contribution >= 0.6 is 0 Å². The van der Waals surface area contributed by atoms with Crippen LogP contribution in [0.25, 0.3) is 0 Å². The van der Waals surface area contributed by atoms with Gasteiger partial charge in [-0.2, -0.15) is 0 Å². The number of carbonyl (C=O) groups excluding carboxylic acids is 1. The number of pyridine rings is 1. The zero-order valence-electron chi connectivity index (χ0n) is 16.0. The molecule has 2 aromatic heterocycles. The van der Waals surface area contributed by atoms with Crippen molar-refractivity contribution in [3.05, 3.63) is 47.8 Å². The van der Waals surface area contributed by atoms with E-state index < -0.39 is 5.91 Å². The molecule has 0 aromatic carbocycles. The number of hydrogen-bond acceptors (Lipinski definition) is 5. The minimum atomic E-state index is -0.499. The second-order valence-electron chi connectivity index (χ2n) is 7.84. The van der Waals surface area contributed by atoms with Gasteiger partial charge in [0.25, 0.3) is 5.91 Å². The van der Waals surface area contributed by atoms with E-state index in [1.807, 2.05) is 30.1 Å². The number of methoxy groups -OCH3 is 1. The summed E-state index contributed by atoms with van der Waals surface area (Å²) in [5.41, 5.74) is 7.51. The van der Waals surface area contributed by atoms with Crippen LogP contribution < -0.4 is 5.73 Å². The van der Waals surface area contributed by atoms with E-state index in [-0.39, 0.29) is 5.60 Å². The maximum Gasteiger partial charge on any atom is 0.267 e. The Morgan fingerprint density at radius 2 is 2.07 bits per heavy atom. The number of rotatable bonds is 5. The van der Waals surface area contributed by atoms with Gasteiger partial charge >= 0.3 is 0 Å². The molecule has 0 unspecified atom stereocenters. The smallest absolute Gasteiger partial charge is 0.267 e. The van der Waals surface area contributed by atoms with Gasteiger partial charge in [-0.3, -0.25) is 14.7 Å². The molecule has 7 heteroatoms. The minimum absolute atomic E-state index is 0.304. The molecule has 2 fully saturated rings. The lowest BCUT2D eigenvalue weighted by atomic mass is 9.62. The molecule has 1 aliphatic heterocycles. The number of carbonyl (C=O) groups is 1. The highest BCUT2D eigenvalue weighted by molar-refractivity contribution is 5.90. The Labute approximate surface area is 159 Å². The molecule has 3 atom stereocenters. The number of aryl methyl sites for hydroxylation is 1. The molecular weight excluding hydrogens is 342 g/mol. The number of likely N-dealkylation sites (tertiary alicyclic amines) is 1. The van der Waals surface area contributed by atoms with E-state index in [1.54, 1.807) is 13.3 Å². The molecule has 0 spiro atoms. The standard InChI is InChI=1S/C20H27N5O2/c1-24-11-17(23-13-24)12-25-9-15-4-3-5-16(10-25)20(15,27-2)14-6-7-22-18(8-14)19(21)26/h6-8,11,13,15-16H,3-5,9-10,12H2,1-2H3,(H2,21,26)/t15-,16+,20-. The number of nitrogens with zero attached hydrogens (tertiary/aromatic N) is 4. The van der Waals surface area contributed by atoms with Gasteiger partial charge in [0.05, 0.1) is 12.0 Å². The summed E-state index contributed by atoms with van der Waals surface area (Å²) in [6.45, 7) is 2.76. The van der Waals surface area contributed by atoms with E-state index >= 15 is 0 Å². The number of imidazole rings is 1. The van der Waals surface area contributed by atoms with Crippen LogP contribution in [0.2, 0.25) is 0 Å². The highest BCUT2D eigenvalue weighted by atomic mass is 16.5. The molecule has 27 heavy (non-hydrogen) atoms. The van der Waals surface area contributed by atoms with Gasteiger partial charge in [-0.1, -0.05) is 6.42 Å². The van der Waals surface area contributed by atoms with Crippen molar-refractivity contribution >= 4 is 5.91 Å². The van der Waals surface area contributed by atoms with Crippen molar-refractivity contribution < 1.29 is 9.53 Å². The third-order valence-corrected chi connectivity index (χ3v) is 6.22. The Balaban J connectivity index is 1.64. The first kappa shape index (κ1) is 18.1. The SMILES string of the molecule is CO[C@]1(c2ccnc(C(N)=O)c2)[C@@H]2CCC[C@H]1CN(Cc1cn(C)cn1)C2. The molecule has 2 aromatic rings. The van der Waals surface area contributed by atoms with Crippen LogP contribution in [0, 0.1) is 11.8 Å². The molecule has 3 heterocycles. The second-order valence-corrected chi connectivity index (χ2v) is 7.84. The number of primary amides is 1.